The van der Waals surface area contributed by atoms with Crippen LogP contribution in [0.2, 0.25) is 0 Å². The van der Waals surface area contributed by atoms with E-state index in [1.165, 1.54) is 6.08 Å². The Balaban J connectivity index is 2.76. The summed E-state index contributed by atoms with van der Waals surface area (Å²) in [7, 11) is -3.22. The van der Waals surface area contributed by atoms with E-state index in [0.717, 1.165) is 0 Å². The van der Waals surface area contributed by atoms with E-state index >= 15 is 0 Å². The zero-order valence-corrected chi connectivity index (χ0v) is 10.2. The predicted molar refractivity (Wildman–Crippen MR) is 61.6 cm³/mol. The van der Waals surface area contributed by atoms with Gasteiger partial charge in [-0.25, -0.2) is 8.42 Å². The maximum atomic E-state index is 11.8. The zero-order chi connectivity index (χ0) is 12.3. The van der Waals surface area contributed by atoms with Gasteiger partial charge >= 0.3 is 5.97 Å². The largest absolute Gasteiger partial charge is 0.481 e. The van der Waals surface area contributed by atoms with Crippen molar-refractivity contribution in [3.8, 4) is 0 Å². The molecule has 0 spiro atoms. The number of carboxylic acids is 1. The Morgan fingerprint density at radius 2 is 2.19 bits per heavy atom. The van der Waals surface area contributed by atoms with Crippen LogP contribution in [0.5, 0.6) is 0 Å². The number of aliphatic carboxylic acids is 1. The highest BCUT2D eigenvalue weighted by atomic mass is 32.2. The smallest absolute Gasteiger partial charge is 0.303 e. The van der Waals surface area contributed by atoms with E-state index in [1.807, 2.05) is 0 Å². The molecule has 4 nitrogen and oxygen atoms in total. The molecule has 0 bridgehead atoms. The van der Waals surface area contributed by atoms with Crippen molar-refractivity contribution in [3.63, 3.8) is 0 Å². The molecule has 1 rings (SSSR count). The lowest BCUT2D eigenvalue weighted by Crippen LogP contribution is -2.17. The maximum absolute atomic E-state index is 11.8. The van der Waals surface area contributed by atoms with Crippen LogP contribution in [0.15, 0.2) is 23.1 Å². The molecule has 0 fully saturated rings. The summed E-state index contributed by atoms with van der Waals surface area (Å²) in [5.74, 6) is -0.957. The second kappa shape index (κ2) is 4.82. The third kappa shape index (κ3) is 2.95. The zero-order valence-electron chi connectivity index (χ0n) is 9.38. The van der Waals surface area contributed by atoms with Crippen molar-refractivity contribution >= 4 is 15.8 Å². The van der Waals surface area contributed by atoms with Gasteiger partial charge in [0.2, 0.25) is 0 Å². The van der Waals surface area contributed by atoms with Crippen molar-refractivity contribution < 1.29 is 18.3 Å². The van der Waals surface area contributed by atoms with Crippen molar-refractivity contribution in [2.24, 2.45) is 5.92 Å². The van der Waals surface area contributed by atoms with E-state index in [4.69, 9.17) is 5.11 Å². The van der Waals surface area contributed by atoms with Crippen LogP contribution in [-0.4, -0.2) is 24.7 Å². The monoisotopic (exact) mass is 244 g/mol. The number of carboxylic acid groups (broad SMARTS) is 1. The fourth-order valence-corrected chi connectivity index (χ4v) is 2.64. The molecular weight excluding hydrogens is 228 g/mol. The molecule has 1 unspecified atom stereocenters. The van der Waals surface area contributed by atoms with Crippen molar-refractivity contribution in [3.05, 3.63) is 23.1 Å². The molecule has 0 aromatic rings. The highest BCUT2D eigenvalue weighted by Crippen LogP contribution is 2.24. The molecule has 0 aromatic heterocycles. The number of hydrogen-bond donors (Lipinski definition) is 1. The van der Waals surface area contributed by atoms with Gasteiger partial charge in [0, 0.05) is 0 Å². The number of sulfone groups is 1. The molecule has 1 aliphatic carbocycles. The predicted octanol–water partition coefficient (Wildman–Crippen LogP) is 1.74. The third-order valence-electron chi connectivity index (χ3n) is 2.54. The Kier molecular flexibility index (Phi) is 3.91. The van der Waals surface area contributed by atoms with E-state index in [1.54, 1.807) is 26.0 Å². The lowest BCUT2D eigenvalue weighted by atomic mass is 9.97. The first-order valence-corrected chi connectivity index (χ1v) is 6.72. The molecule has 0 saturated heterocycles. The molecule has 0 aromatic carbocycles. The van der Waals surface area contributed by atoms with Crippen LogP contribution >= 0.6 is 0 Å². The van der Waals surface area contributed by atoms with Gasteiger partial charge in [-0.3, -0.25) is 4.79 Å². The molecule has 16 heavy (non-hydrogen) atoms. The van der Waals surface area contributed by atoms with Gasteiger partial charge in [0.15, 0.2) is 9.84 Å². The standard InChI is InChI=1S/C11H16O4S/c1-8(2)16(14,15)10-5-3-9(4-6-10)7-11(12)13/h3,5-6,8-9H,4,7H2,1-2H3,(H,12,13). The van der Waals surface area contributed by atoms with Gasteiger partial charge in [0.1, 0.15) is 0 Å². The fraction of sp³-hybridized carbons (Fsp3) is 0.545. The van der Waals surface area contributed by atoms with Gasteiger partial charge in [-0.2, -0.15) is 0 Å². The summed E-state index contributed by atoms with van der Waals surface area (Å²) in [4.78, 5) is 10.8. The topological polar surface area (TPSA) is 71.4 Å². The molecule has 1 atom stereocenters. The number of hydrogen-bond acceptors (Lipinski definition) is 3. The summed E-state index contributed by atoms with van der Waals surface area (Å²) < 4.78 is 23.6. The Morgan fingerprint density at radius 3 is 2.56 bits per heavy atom. The van der Waals surface area contributed by atoms with Crippen LogP contribution in [-0.2, 0) is 14.6 Å². The second-order valence-corrected chi connectivity index (χ2v) is 6.66. The highest BCUT2D eigenvalue weighted by molar-refractivity contribution is 7.96. The fourth-order valence-electron chi connectivity index (χ4n) is 1.50. The Labute approximate surface area is 95.6 Å². The average Bonchev–Trinajstić information content (AvgIpc) is 2.17. The van der Waals surface area contributed by atoms with Gasteiger partial charge in [0.25, 0.3) is 0 Å². The van der Waals surface area contributed by atoms with Gasteiger partial charge in [-0.15, -0.1) is 0 Å². The van der Waals surface area contributed by atoms with Crippen LogP contribution in [0, 0.1) is 5.92 Å². The van der Waals surface area contributed by atoms with Crippen molar-refractivity contribution in [2.45, 2.75) is 31.9 Å². The number of rotatable bonds is 4. The van der Waals surface area contributed by atoms with Crippen molar-refractivity contribution in [1.82, 2.24) is 0 Å². The summed E-state index contributed by atoms with van der Waals surface area (Å²) in [6.07, 6.45) is 5.32. The molecular formula is C11H16O4S. The molecule has 0 radical (unpaired) electrons. The molecule has 0 saturated carbocycles. The summed E-state index contributed by atoms with van der Waals surface area (Å²) in [5, 5.41) is 8.16. The van der Waals surface area contributed by atoms with Crippen LogP contribution in [0.25, 0.3) is 0 Å². The molecule has 0 amide bonds. The van der Waals surface area contributed by atoms with Gasteiger partial charge in [-0.05, 0) is 32.3 Å². The van der Waals surface area contributed by atoms with Gasteiger partial charge in [0.05, 0.1) is 16.6 Å². The van der Waals surface area contributed by atoms with Gasteiger partial charge in [-0.1, -0.05) is 12.2 Å². The minimum atomic E-state index is -3.22. The van der Waals surface area contributed by atoms with Crippen LogP contribution in [0.3, 0.4) is 0 Å². The van der Waals surface area contributed by atoms with E-state index in [0.29, 0.717) is 11.3 Å². The van der Waals surface area contributed by atoms with E-state index in [9.17, 15) is 13.2 Å². The number of carbonyl (C=O) groups is 1. The van der Waals surface area contributed by atoms with E-state index in [-0.39, 0.29) is 12.3 Å². The van der Waals surface area contributed by atoms with Crippen molar-refractivity contribution in [1.29, 1.82) is 0 Å². The van der Waals surface area contributed by atoms with Crippen LogP contribution in [0.1, 0.15) is 26.7 Å². The third-order valence-corrected chi connectivity index (χ3v) is 4.74. The lowest BCUT2D eigenvalue weighted by Gasteiger charge is -2.16. The summed E-state index contributed by atoms with van der Waals surface area (Å²) in [6.45, 7) is 3.26. The first-order valence-electron chi connectivity index (χ1n) is 5.18. The van der Waals surface area contributed by atoms with Crippen LogP contribution < -0.4 is 0 Å². The second-order valence-electron chi connectivity index (χ2n) is 4.15. The van der Waals surface area contributed by atoms with Crippen molar-refractivity contribution in [2.75, 3.05) is 0 Å². The van der Waals surface area contributed by atoms with E-state index in [2.05, 4.69) is 0 Å². The van der Waals surface area contributed by atoms with Gasteiger partial charge < -0.3 is 5.11 Å². The maximum Gasteiger partial charge on any atom is 0.303 e. The summed E-state index contributed by atoms with van der Waals surface area (Å²) >= 11 is 0. The first-order chi connectivity index (χ1) is 7.34. The lowest BCUT2D eigenvalue weighted by molar-refractivity contribution is -0.137. The molecule has 0 heterocycles. The Hall–Kier alpha value is -1.10. The Bertz CT molecular complexity index is 429. The molecule has 1 aliphatic rings. The molecule has 0 aliphatic heterocycles. The first kappa shape index (κ1) is 13.0. The van der Waals surface area contributed by atoms with E-state index < -0.39 is 21.1 Å². The molecule has 5 heteroatoms. The average molecular weight is 244 g/mol. The summed E-state index contributed by atoms with van der Waals surface area (Å²) in [5.41, 5.74) is 0. The van der Waals surface area contributed by atoms with Crippen LogP contribution in [0.4, 0.5) is 0 Å². The molecule has 1 N–H and O–H groups in total. The highest BCUT2D eigenvalue weighted by Gasteiger charge is 2.23. The Morgan fingerprint density at radius 1 is 1.56 bits per heavy atom. The SMILES string of the molecule is CC(C)S(=O)(=O)C1=CCC(CC(=O)O)C=C1. The quantitative estimate of drug-likeness (QED) is 0.817. The minimum Gasteiger partial charge on any atom is -0.481 e. The molecule has 90 valence electrons. The number of allylic oxidation sites excluding steroid dienone is 3. The normalized spacial score (nSPS) is 20.9. The minimum absolute atomic E-state index is 0.0437. The summed E-state index contributed by atoms with van der Waals surface area (Å²) in [6, 6.07) is 0.